The first-order valence-corrected chi connectivity index (χ1v) is 10.9. The van der Waals surface area contributed by atoms with Crippen LogP contribution in [0, 0.1) is 12.7 Å². The standard InChI is InChI=1S/C24H18BrFN4O3/c1-14-6-18(30-33-14)13-32-20-8-16(23-28-22-9-17(25)11-27-24(22)29-23)7-19(10-20)31-12-15-4-2-3-5-21(15)26/h2-11H,12-13H2,1H3,(H,27,28,29). The smallest absolute Gasteiger partial charge is 0.178 e. The summed E-state index contributed by atoms with van der Waals surface area (Å²) >= 11 is 3.42. The van der Waals surface area contributed by atoms with Crippen LogP contribution < -0.4 is 9.47 Å². The van der Waals surface area contributed by atoms with Gasteiger partial charge in [0.2, 0.25) is 0 Å². The Kier molecular flexibility index (Phi) is 5.78. The van der Waals surface area contributed by atoms with Crippen LogP contribution in [0.4, 0.5) is 4.39 Å². The molecule has 0 aliphatic rings. The van der Waals surface area contributed by atoms with Crippen LogP contribution in [-0.2, 0) is 13.2 Å². The molecular weight excluding hydrogens is 491 g/mol. The first-order chi connectivity index (χ1) is 16.0. The third-order valence-corrected chi connectivity index (χ3v) is 5.31. The number of halogens is 2. The van der Waals surface area contributed by atoms with Crippen molar-refractivity contribution < 1.29 is 18.4 Å². The molecule has 0 atom stereocenters. The maximum atomic E-state index is 14.0. The summed E-state index contributed by atoms with van der Waals surface area (Å²) in [4.78, 5) is 12.2. The number of H-pyrrole nitrogens is 1. The Bertz CT molecular complexity index is 1430. The lowest BCUT2D eigenvalue weighted by molar-refractivity contribution is 0.278. The summed E-state index contributed by atoms with van der Waals surface area (Å²) in [6.07, 6.45) is 1.69. The molecule has 33 heavy (non-hydrogen) atoms. The molecule has 0 radical (unpaired) electrons. The minimum absolute atomic E-state index is 0.0761. The Morgan fingerprint density at radius 1 is 1.03 bits per heavy atom. The van der Waals surface area contributed by atoms with Gasteiger partial charge in [-0.05, 0) is 47.1 Å². The lowest BCUT2D eigenvalue weighted by Gasteiger charge is -2.12. The molecule has 0 aliphatic carbocycles. The summed E-state index contributed by atoms with van der Waals surface area (Å²) in [6, 6.07) is 15.6. The van der Waals surface area contributed by atoms with E-state index >= 15 is 0 Å². The van der Waals surface area contributed by atoms with Crippen molar-refractivity contribution in [1.29, 1.82) is 0 Å². The average molecular weight is 509 g/mol. The number of benzene rings is 2. The molecule has 3 aromatic heterocycles. The lowest BCUT2D eigenvalue weighted by atomic mass is 10.2. The largest absolute Gasteiger partial charge is 0.489 e. The van der Waals surface area contributed by atoms with Crippen LogP contribution in [0.2, 0.25) is 0 Å². The molecule has 5 rings (SSSR count). The molecule has 1 N–H and O–H groups in total. The van der Waals surface area contributed by atoms with Crippen LogP contribution in [-0.4, -0.2) is 20.1 Å². The fourth-order valence-electron chi connectivity index (χ4n) is 3.31. The summed E-state index contributed by atoms with van der Waals surface area (Å²) in [5, 5.41) is 3.95. The van der Waals surface area contributed by atoms with Crippen LogP contribution in [0.3, 0.4) is 0 Å². The van der Waals surface area contributed by atoms with Crippen molar-refractivity contribution in [1.82, 2.24) is 20.1 Å². The van der Waals surface area contributed by atoms with Crippen molar-refractivity contribution in [3.63, 3.8) is 0 Å². The molecule has 2 aromatic carbocycles. The molecule has 0 unspecified atom stereocenters. The molecule has 166 valence electrons. The second kappa shape index (κ2) is 9.03. The number of aryl methyl sites for hydroxylation is 1. The van der Waals surface area contributed by atoms with E-state index in [9.17, 15) is 4.39 Å². The second-order valence-electron chi connectivity index (χ2n) is 7.40. The Balaban J connectivity index is 1.46. The van der Waals surface area contributed by atoms with Crippen LogP contribution in [0.15, 0.2) is 69.8 Å². The van der Waals surface area contributed by atoms with Crippen molar-refractivity contribution >= 4 is 27.1 Å². The molecule has 0 spiro atoms. The van der Waals surface area contributed by atoms with Crippen molar-refractivity contribution in [3.05, 3.63) is 88.1 Å². The minimum Gasteiger partial charge on any atom is -0.489 e. The lowest BCUT2D eigenvalue weighted by Crippen LogP contribution is -2.00. The molecule has 7 nitrogen and oxygen atoms in total. The maximum Gasteiger partial charge on any atom is 0.178 e. The molecular formula is C24H18BrFN4O3. The van der Waals surface area contributed by atoms with Gasteiger partial charge in [0, 0.05) is 33.9 Å². The van der Waals surface area contributed by atoms with Crippen molar-refractivity contribution in [3.8, 4) is 22.9 Å². The number of fused-ring (bicyclic) bond motifs is 1. The highest BCUT2D eigenvalue weighted by Gasteiger charge is 2.12. The third-order valence-electron chi connectivity index (χ3n) is 4.87. The molecule has 0 saturated carbocycles. The van der Waals surface area contributed by atoms with E-state index in [1.54, 1.807) is 30.5 Å². The number of imidazole rings is 1. The average Bonchev–Trinajstić information content (AvgIpc) is 3.42. The van der Waals surface area contributed by atoms with Gasteiger partial charge >= 0.3 is 0 Å². The zero-order valence-electron chi connectivity index (χ0n) is 17.5. The van der Waals surface area contributed by atoms with E-state index in [-0.39, 0.29) is 19.0 Å². The number of rotatable bonds is 7. The molecule has 0 amide bonds. The van der Waals surface area contributed by atoms with E-state index in [1.165, 1.54) is 6.07 Å². The number of aromatic amines is 1. The number of pyridine rings is 1. The fourth-order valence-corrected chi connectivity index (χ4v) is 3.64. The van der Waals surface area contributed by atoms with Crippen LogP contribution in [0.25, 0.3) is 22.6 Å². The van der Waals surface area contributed by atoms with Gasteiger partial charge in [-0.1, -0.05) is 23.4 Å². The second-order valence-corrected chi connectivity index (χ2v) is 8.32. The Labute approximate surface area is 196 Å². The highest BCUT2D eigenvalue weighted by Crippen LogP contribution is 2.31. The van der Waals surface area contributed by atoms with E-state index < -0.39 is 0 Å². The number of hydrogen-bond donors (Lipinski definition) is 1. The predicted octanol–water partition coefficient (Wildman–Crippen LogP) is 5.98. The van der Waals surface area contributed by atoms with E-state index in [0.29, 0.717) is 40.0 Å². The predicted molar refractivity (Wildman–Crippen MR) is 123 cm³/mol. The highest BCUT2D eigenvalue weighted by molar-refractivity contribution is 9.10. The van der Waals surface area contributed by atoms with Crippen molar-refractivity contribution in [2.75, 3.05) is 0 Å². The van der Waals surface area contributed by atoms with Crippen LogP contribution in [0.1, 0.15) is 17.0 Å². The monoisotopic (exact) mass is 508 g/mol. The topological polar surface area (TPSA) is 86.1 Å². The molecule has 0 fully saturated rings. The quantitative estimate of drug-likeness (QED) is 0.291. The van der Waals surface area contributed by atoms with Crippen LogP contribution in [0.5, 0.6) is 11.5 Å². The number of hydrogen-bond acceptors (Lipinski definition) is 6. The normalized spacial score (nSPS) is 11.1. The zero-order valence-corrected chi connectivity index (χ0v) is 19.1. The zero-order chi connectivity index (χ0) is 22.8. The maximum absolute atomic E-state index is 14.0. The van der Waals surface area contributed by atoms with Gasteiger partial charge in [-0.2, -0.15) is 0 Å². The number of nitrogens with one attached hydrogen (secondary N) is 1. The van der Waals surface area contributed by atoms with Gasteiger partial charge in [0.05, 0.1) is 5.52 Å². The fraction of sp³-hybridized carbons (Fsp3) is 0.125. The minimum atomic E-state index is -0.319. The van der Waals surface area contributed by atoms with E-state index in [4.69, 9.17) is 14.0 Å². The number of ether oxygens (including phenoxy) is 2. The van der Waals surface area contributed by atoms with Crippen molar-refractivity contribution in [2.45, 2.75) is 20.1 Å². The molecule has 0 bridgehead atoms. The van der Waals surface area contributed by atoms with Gasteiger partial charge in [0.1, 0.15) is 47.8 Å². The van der Waals surface area contributed by atoms with E-state index in [2.05, 4.69) is 36.0 Å². The van der Waals surface area contributed by atoms with Gasteiger partial charge in [-0.25, -0.2) is 14.4 Å². The van der Waals surface area contributed by atoms with Gasteiger partial charge < -0.3 is 19.0 Å². The molecule has 0 aliphatic heterocycles. The SMILES string of the molecule is Cc1cc(COc2cc(OCc3ccccc3F)cc(-c3nc4ncc(Br)cc4[nH]3)c2)no1. The Morgan fingerprint density at radius 3 is 2.58 bits per heavy atom. The molecule has 9 heteroatoms. The highest BCUT2D eigenvalue weighted by atomic mass is 79.9. The van der Waals surface area contributed by atoms with Crippen LogP contribution >= 0.6 is 15.9 Å². The number of aromatic nitrogens is 4. The Hall–Kier alpha value is -3.72. The first kappa shape index (κ1) is 21.1. The van der Waals surface area contributed by atoms with Crippen molar-refractivity contribution in [2.24, 2.45) is 0 Å². The van der Waals surface area contributed by atoms with Gasteiger partial charge in [0.15, 0.2) is 5.65 Å². The summed E-state index contributed by atoms with van der Waals surface area (Å²) in [5.74, 6) is 2.05. The number of nitrogens with zero attached hydrogens (tertiary/aromatic N) is 3. The third kappa shape index (κ3) is 4.88. The van der Waals surface area contributed by atoms with E-state index in [0.717, 1.165) is 15.6 Å². The summed E-state index contributed by atoms with van der Waals surface area (Å²) in [7, 11) is 0. The van der Waals surface area contributed by atoms with Gasteiger partial charge in [-0.3, -0.25) is 0 Å². The van der Waals surface area contributed by atoms with Gasteiger partial charge in [0.25, 0.3) is 0 Å². The van der Waals surface area contributed by atoms with E-state index in [1.807, 2.05) is 31.2 Å². The molecule has 0 saturated heterocycles. The molecule has 5 aromatic rings. The Morgan fingerprint density at radius 2 is 1.82 bits per heavy atom. The molecule has 3 heterocycles. The van der Waals surface area contributed by atoms with Gasteiger partial charge in [-0.15, -0.1) is 0 Å². The first-order valence-electron chi connectivity index (χ1n) is 10.1. The summed E-state index contributed by atoms with van der Waals surface area (Å²) in [5.41, 5.74) is 3.25. The summed E-state index contributed by atoms with van der Waals surface area (Å²) < 4.78 is 31.8. The summed E-state index contributed by atoms with van der Waals surface area (Å²) in [6.45, 7) is 2.12.